The van der Waals surface area contributed by atoms with E-state index in [2.05, 4.69) is 21.6 Å². The van der Waals surface area contributed by atoms with Crippen LogP contribution in [0.5, 0.6) is 0 Å². The summed E-state index contributed by atoms with van der Waals surface area (Å²) in [5.41, 5.74) is 12.9. The number of fused-ring (bicyclic) bond motifs is 1. The molecule has 1 amide bonds. The molecule has 0 fully saturated rings. The van der Waals surface area contributed by atoms with E-state index in [1.807, 2.05) is 61.5 Å². The number of pyridine rings is 1. The highest BCUT2D eigenvalue weighted by Gasteiger charge is 2.18. The second-order valence-corrected chi connectivity index (χ2v) is 8.00. The summed E-state index contributed by atoms with van der Waals surface area (Å²) in [5.74, 6) is -0.422. The molecule has 5 aromatic rings. The zero-order valence-corrected chi connectivity index (χ0v) is 18.1. The highest BCUT2D eigenvalue weighted by atomic mass is 16.3. The lowest BCUT2D eigenvalue weighted by Crippen LogP contribution is -2.37. The molecule has 3 heterocycles. The maximum atomic E-state index is 12.2. The van der Waals surface area contributed by atoms with Crippen LogP contribution in [0.3, 0.4) is 0 Å². The number of carbonyl (C=O) groups excluding carboxylic acids is 1. The molecule has 164 valence electrons. The fraction of sp³-hybridized carbons (Fsp3) is 0.115. The third-order valence-corrected chi connectivity index (χ3v) is 5.70. The standard InChI is InChI=1S/C26H23N5O2/c1-16-21-12-18(7-8-23(21)31-30-16)22-13-20(14-28-25(22)19-9-10-33-15-19)29-24(26(27)32)11-17-5-3-2-4-6-17/h2-10,12-15,24,29H,11H2,1H3,(H2,27,32)(H,30,31)/t24-/m0/s1. The minimum absolute atomic E-state index is 0.422. The molecule has 0 saturated carbocycles. The SMILES string of the molecule is Cc1[nH]nc2ccc(-c3cc(N[C@@H](Cc4ccccc4)C(N)=O)cnc3-c3ccoc3)cc12. The van der Waals surface area contributed by atoms with Crippen molar-refractivity contribution >= 4 is 22.5 Å². The highest BCUT2D eigenvalue weighted by Crippen LogP contribution is 2.34. The number of hydrogen-bond acceptors (Lipinski definition) is 5. The molecule has 0 bridgehead atoms. The van der Waals surface area contributed by atoms with E-state index in [-0.39, 0.29) is 0 Å². The summed E-state index contributed by atoms with van der Waals surface area (Å²) in [7, 11) is 0. The summed E-state index contributed by atoms with van der Waals surface area (Å²) in [6, 6.07) is 19.2. The van der Waals surface area contributed by atoms with Crippen LogP contribution in [0.1, 0.15) is 11.3 Å². The Morgan fingerprint density at radius 1 is 1.12 bits per heavy atom. The Morgan fingerprint density at radius 2 is 1.97 bits per heavy atom. The molecule has 7 nitrogen and oxygen atoms in total. The van der Waals surface area contributed by atoms with Gasteiger partial charge in [0.15, 0.2) is 0 Å². The molecule has 7 heteroatoms. The van der Waals surface area contributed by atoms with Crippen molar-refractivity contribution in [3.63, 3.8) is 0 Å². The zero-order chi connectivity index (χ0) is 22.8. The molecular formula is C26H23N5O2. The Balaban J connectivity index is 1.55. The Kier molecular flexibility index (Phi) is 5.36. The lowest BCUT2D eigenvalue weighted by molar-refractivity contribution is -0.118. The van der Waals surface area contributed by atoms with E-state index in [0.29, 0.717) is 12.1 Å². The lowest BCUT2D eigenvalue weighted by atomic mass is 9.98. The maximum absolute atomic E-state index is 12.2. The van der Waals surface area contributed by atoms with E-state index in [4.69, 9.17) is 15.1 Å². The topological polar surface area (TPSA) is 110 Å². The van der Waals surface area contributed by atoms with E-state index in [1.54, 1.807) is 18.7 Å². The fourth-order valence-electron chi connectivity index (χ4n) is 3.97. The first kappa shape index (κ1) is 20.5. The number of amides is 1. The molecule has 0 aliphatic rings. The van der Waals surface area contributed by atoms with Crippen molar-refractivity contribution in [3.05, 3.63) is 90.6 Å². The Labute approximate surface area is 190 Å². The van der Waals surface area contributed by atoms with Crippen molar-refractivity contribution in [2.45, 2.75) is 19.4 Å². The zero-order valence-electron chi connectivity index (χ0n) is 18.1. The van der Waals surface area contributed by atoms with E-state index < -0.39 is 11.9 Å². The van der Waals surface area contributed by atoms with Crippen molar-refractivity contribution < 1.29 is 9.21 Å². The molecule has 5 rings (SSSR count). The van der Waals surface area contributed by atoms with Crippen LogP contribution in [-0.4, -0.2) is 27.1 Å². The molecule has 0 unspecified atom stereocenters. The summed E-state index contributed by atoms with van der Waals surface area (Å²) >= 11 is 0. The van der Waals surface area contributed by atoms with Crippen molar-refractivity contribution in [1.29, 1.82) is 0 Å². The van der Waals surface area contributed by atoms with Crippen molar-refractivity contribution in [1.82, 2.24) is 15.2 Å². The number of rotatable bonds is 7. The summed E-state index contributed by atoms with van der Waals surface area (Å²) in [6.07, 6.45) is 5.49. The number of nitrogens with zero attached hydrogens (tertiary/aromatic N) is 2. The molecule has 1 atom stereocenters. The molecule has 3 aromatic heterocycles. The van der Waals surface area contributed by atoms with Gasteiger partial charge in [0.1, 0.15) is 6.04 Å². The average Bonchev–Trinajstić information content (AvgIpc) is 3.49. The number of anilines is 1. The number of nitrogens with two attached hydrogens (primary N) is 1. The number of furan rings is 1. The van der Waals surface area contributed by atoms with Gasteiger partial charge in [0.2, 0.25) is 5.91 Å². The summed E-state index contributed by atoms with van der Waals surface area (Å²) < 4.78 is 5.30. The van der Waals surface area contributed by atoms with Gasteiger partial charge in [-0.1, -0.05) is 36.4 Å². The third-order valence-electron chi connectivity index (χ3n) is 5.70. The average molecular weight is 438 g/mol. The van der Waals surface area contributed by atoms with Crippen molar-refractivity contribution in [3.8, 4) is 22.4 Å². The van der Waals surface area contributed by atoms with E-state index in [0.717, 1.165) is 44.5 Å². The quantitative estimate of drug-likeness (QED) is 0.342. The Hall–Kier alpha value is -4.39. The molecule has 33 heavy (non-hydrogen) atoms. The number of carbonyl (C=O) groups is 1. The van der Waals surface area contributed by atoms with Crippen molar-refractivity contribution in [2.75, 3.05) is 5.32 Å². The van der Waals surface area contributed by atoms with E-state index in [9.17, 15) is 4.79 Å². The van der Waals surface area contributed by atoms with Gasteiger partial charge < -0.3 is 15.5 Å². The molecule has 0 saturated heterocycles. The molecule has 0 aliphatic heterocycles. The molecular weight excluding hydrogens is 414 g/mol. The predicted molar refractivity (Wildman–Crippen MR) is 129 cm³/mol. The number of H-pyrrole nitrogens is 1. The minimum atomic E-state index is -0.569. The Morgan fingerprint density at radius 3 is 2.73 bits per heavy atom. The van der Waals surface area contributed by atoms with Crippen LogP contribution in [-0.2, 0) is 11.2 Å². The smallest absolute Gasteiger partial charge is 0.240 e. The van der Waals surface area contributed by atoms with Crippen LogP contribution in [0.25, 0.3) is 33.3 Å². The van der Waals surface area contributed by atoms with Gasteiger partial charge in [0.25, 0.3) is 0 Å². The van der Waals surface area contributed by atoms with E-state index in [1.165, 1.54) is 0 Å². The predicted octanol–water partition coefficient (Wildman–Crippen LogP) is 4.70. The number of hydrogen-bond donors (Lipinski definition) is 3. The third kappa shape index (κ3) is 4.21. The van der Waals surface area contributed by atoms with Gasteiger partial charge in [0, 0.05) is 28.6 Å². The van der Waals surface area contributed by atoms with Crippen LogP contribution >= 0.6 is 0 Å². The minimum Gasteiger partial charge on any atom is -0.472 e. The van der Waals surface area contributed by atoms with Gasteiger partial charge in [0.05, 0.1) is 35.6 Å². The Bertz CT molecular complexity index is 1410. The molecule has 0 aliphatic carbocycles. The molecule has 0 radical (unpaired) electrons. The molecule has 4 N–H and O–H groups in total. The fourth-order valence-corrected chi connectivity index (χ4v) is 3.97. The molecule has 2 aromatic carbocycles. The van der Waals surface area contributed by atoms with Gasteiger partial charge in [-0.05, 0) is 42.3 Å². The largest absolute Gasteiger partial charge is 0.472 e. The van der Waals surface area contributed by atoms with Crippen LogP contribution < -0.4 is 11.1 Å². The number of aryl methyl sites for hydroxylation is 1. The van der Waals surface area contributed by atoms with E-state index >= 15 is 0 Å². The van der Waals surface area contributed by atoms with Gasteiger partial charge in [-0.2, -0.15) is 5.10 Å². The first-order valence-electron chi connectivity index (χ1n) is 10.7. The monoisotopic (exact) mass is 437 g/mol. The maximum Gasteiger partial charge on any atom is 0.240 e. The van der Waals surface area contributed by atoms with Crippen LogP contribution in [0.15, 0.2) is 83.8 Å². The number of benzene rings is 2. The molecule has 0 spiro atoms. The number of aromatic nitrogens is 3. The number of aromatic amines is 1. The van der Waals surface area contributed by atoms with Crippen molar-refractivity contribution in [2.24, 2.45) is 5.73 Å². The second kappa shape index (κ2) is 8.63. The first-order chi connectivity index (χ1) is 16.1. The van der Waals surface area contributed by atoms with Crippen LogP contribution in [0.2, 0.25) is 0 Å². The summed E-state index contributed by atoms with van der Waals surface area (Å²) in [4.78, 5) is 16.9. The first-order valence-corrected chi connectivity index (χ1v) is 10.7. The van der Waals surface area contributed by atoms with Gasteiger partial charge in [-0.15, -0.1) is 0 Å². The lowest BCUT2D eigenvalue weighted by Gasteiger charge is -2.18. The van der Waals surface area contributed by atoms with Gasteiger partial charge in [-0.25, -0.2) is 0 Å². The van der Waals surface area contributed by atoms with Crippen LogP contribution in [0, 0.1) is 6.92 Å². The number of primary amides is 1. The highest BCUT2D eigenvalue weighted by molar-refractivity contribution is 5.91. The van der Waals surface area contributed by atoms with Crippen LogP contribution in [0.4, 0.5) is 5.69 Å². The summed E-state index contributed by atoms with van der Waals surface area (Å²) in [5, 5.41) is 11.7. The number of nitrogens with one attached hydrogen (secondary N) is 2. The second-order valence-electron chi connectivity index (χ2n) is 8.00. The van der Waals surface area contributed by atoms with Gasteiger partial charge >= 0.3 is 0 Å². The van der Waals surface area contributed by atoms with Gasteiger partial charge in [-0.3, -0.25) is 14.9 Å². The summed E-state index contributed by atoms with van der Waals surface area (Å²) in [6.45, 7) is 1.99. The normalized spacial score (nSPS) is 12.0.